The summed E-state index contributed by atoms with van der Waals surface area (Å²) in [5.74, 6) is 1.49. The van der Waals surface area contributed by atoms with Crippen molar-refractivity contribution in [3.8, 4) is 5.69 Å². The molecule has 0 aliphatic rings. The van der Waals surface area contributed by atoms with Gasteiger partial charge in [0, 0.05) is 6.20 Å². The Balaban J connectivity index is 2.28. The van der Waals surface area contributed by atoms with E-state index >= 15 is 0 Å². The Morgan fingerprint density at radius 1 is 1.28 bits per heavy atom. The third kappa shape index (κ3) is 2.76. The lowest BCUT2D eigenvalue weighted by Crippen LogP contribution is -2.23. The number of rotatable bonds is 5. The summed E-state index contributed by atoms with van der Waals surface area (Å²) in [5.41, 5.74) is 8.46. The van der Waals surface area contributed by atoms with Crippen LogP contribution in [-0.2, 0) is 0 Å². The van der Waals surface area contributed by atoms with Crippen molar-refractivity contribution in [1.29, 1.82) is 0 Å². The molecule has 96 valence electrons. The highest BCUT2D eigenvalue weighted by atomic mass is 32.2. The summed E-state index contributed by atoms with van der Waals surface area (Å²) in [6.07, 6.45) is 3.92. The van der Waals surface area contributed by atoms with Gasteiger partial charge in [-0.05, 0) is 36.1 Å². The van der Waals surface area contributed by atoms with Crippen molar-refractivity contribution in [3.05, 3.63) is 48.3 Å². The second-order valence-corrected chi connectivity index (χ2v) is 5.37. The van der Waals surface area contributed by atoms with Crippen LogP contribution in [0.2, 0.25) is 0 Å². The van der Waals surface area contributed by atoms with Gasteiger partial charge in [-0.3, -0.25) is 0 Å². The van der Waals surface area contributed by atoms with Crippen LogP contribution in [0.1, 0.15) is 18.7 Å². The summed E-state index contributed by atoms with van der Waals surface area (Å²) >= 11 is 1.83. The average molecular weight is 261 g/mol. The molecule has 0 spiro atoms. The van der Waals surface area contributed by atoms with Crippen molar-refractivity contribution >= 4 is 11.8 Å². The Kier molecular flexibility index (Phi) is 4.44. The minimum atomic E-state index is 0.0140. The highest BCUT2D eigenvalue weighted by Gasteiger charge is 2.18. The fourth-order valence-corrected chi connectivity index (χ4v) is 2.74. The zero-order chi connectivity index (χ0) is 13.0. The molecule has 0 aliphatic heterocycles. The van der Waals surface area contributed by atoms with E-state index in [2.05, 4.69) is 18.3 Å². The normalized spacial score (nSPS) is 14.4. The monoisotopic (exact) mass is 261 g/mol. The maximum Gasteiger partial charge on any atom is 0.0649 e. The summed E-state index contributed by atoms with van der Waals surface area (Å²) in [6.45, 7) is 2.18. The molecule has 0 bridgehead atoms. The number of nitrogens with two attached hydrogens (primary N) is 1. The van der Waals surface area contributed by atoms with Gasteiger partial charge in [0.05, 0.1) is 17.4 Å². The Bertz CT molecular complexity index is 481. The summed E-state index contributed by atoms with van der Waals surface area (Å²) in [7, 11) is 0. The van der Waals surface area contributed by atoms with Crippen molar-refractivity contribution in [2.24, 2.45) is 11.7 Å². The molecule has 4 heteroatoms. The van der Waals surface area contributed by atoms with Crippen LogP contribution < -0.4 is 5.73 Å². The first-order chi connectivity index (χ1) is 8.74. The number of benzene rings is 1. The van der Waals surface area contributed by atoms with Crippen LogP contribution in [0.3, 0.4) is 0 Å². The van der Waals surface area contributed by atoms with Gasteiger partial charge >= 0.3 is 0 Å². The smallest absolute Gasteiger partial charge is 0.0649 e. The van der Waals surface area contributed by atoms with E-state index in [-0.39, 0.29) is 6.04 Å². The minimum absolute atomic E-state index is 0.0140. The van der Waals surface area contributed by atoms with Crippen molar-refractivity contribution in [2.45, 2.75) is 13.0 Å². The van der Waals surface area contributed by atoms with E-state index in [1.165, 1.54) is 0 Å². The lowest BCUT2D eigenvalue weighted by atomic mass is 10.0. The molecular formula is C14H19N3S. The van der Waals surface area contributed by atoms with E-state index in [0.29, 0.717) is 5.92 Å². The Hall–Kier alpha value is -1.26. The third-order valence-corrected chi connectivity index (χ3v) is 3.92. The maximum atomic E-state index is 6.33. The number of para-hydroxylation sites is 1. The van der Waals surface area contributed by atoms with Crippen LogP contribution >= 0.6 is 11.8 Å². The van der Waals surface area contributed by atoms with Crippen LogP contribution in [-0.4, -0.2) is 21.8 Å². The lowest BCUT2D eigenvalue weighted by molar-refractivity contribution is 0.498. The van der Waals surface area contributed by atoms with E-state index in [4.69, 9.17) is 5.73 Å². The molecule has 0 radical (unpaired) electrons. The summed E-state index contributed by atoms with van der Waals surface area (Å²) < 4.78 is 1.93. The van der Waals surface area contributed by atoms with Crippen LogP contribution in [0.15, 0.2) is 42.6 Å². The number of hydrogen-bond donors (Lipinski definition) is 1. The third-order valence-electron chi connectivity index (χ3n) is 3.06. The van der Waals surface area contributed by atoms with E-state index in [1.54, 1.807) is 0 Å². The van der Waals surface area contributed by atoms with E-state index in [9.17, 15) is 0 Å². The second kappa shape index (κ2) is 6.07. The van der Waals surface area contributed by atoms with Gasteiger partial charge in [0.15, 0.2) is 0 Å². The number of nitrogens with zero attached hydrogens (tertiary/aromatic N) is 2. The predicted molar refractivity (Wildman–Crippen MR) is 78.0 cm³/mol. The zero-order valence-electron chi connectivity index (χ0n) is 10.8. The van der Waals surface area contributed by atoms with Crippen LogP contribution in [0.25, 0.3) is 5.69 Å². The predicted octanol–water partition coefficient (Wildman–Crippen LogP) is 2.87. The van der Waals surface area contributed by atoms with Crippen LogP contribution in [0.5, 0.6) is 0 Å². The summed E-state index contributed by atoms with van der Waals surface area (Å²) in [6, 6.07) is 12.1. The fourth-order valence-electron chi connectivity index (χ4n) is 2.01. The van der Waals surface area contributed by atoms with Crippen molar-refractivity contribution < 1.29 is 0 Å². The van der Waals surface area contributed by atoms with E-state index in [1.807, 2.05) is 59.0 Å². The molecule has 18 heavy (non-hydrogen) atoms. The Morgan fingerprint density at radius 2 is 2.00 bits per heavy atom. The van der Waals surface area contributed by atoms with Gasteiger partial charge in [-0.15, -0.1) is 0 Å². The molecule has 2 rings (SSSR count). The van der Waals surface area contributed by atoms with Gasteiger partial charge in [0.1, 0.15) is 0 Å². The first-order valence-electron chi connectivity index (χ1n) is 6.08. The number of thioether (sulfide) groups is 1. The molecule has 3 nitrogen and oxygen atoms in total. The lowest BCUT2D eigenvalue weighted by Gasteiger charge is -2.20. The van der Waals surface area contributed by atoms with Gasteiger partial charge in [-0.1, -0.05) is 25.1 Å². The van der Waals surface area contributed by atoms with Gasteiger partial charge in [0.2, 0.25) is 0 Å². The molecule has 2 atom stereocenters. The quantitative estimate of drug-likeness (QED) is 0.900. The van der Waals surface area contributed by atoms with Gasteiger partial charge in [-0.2, -0.15) is 16.9 Å². The Morgan fingerprint density at radius 3 is 2.67 bits per heavy atom. The summed E-state index contributed by atoms with van der Waals surface area (Å²) in [4.78, 5) is 0. The van der Waals surface area contributed by atoms with Crippen molar-refractivity contribution in [2.75, 3.05) is 12.0 Å². The fraction of sp³-hybridized carbons (Fsp3) is 0.357. The van der Waals surface area contributed by atoms with E-state index in [0.717, 1.165) is 17.1 Å². The average Bonchev–Trinajstić information content (AvgIpc) is 2.88. The second-order valence-electron chi connectivity index (χ2n) is 4.46. The molecule has 0 saturated carbocycles. The number of hydrogen-bond acceptors (Lipinski definition) is 3. The minimum Gasteiger partial charge on any atom is -0.322 e. The SMILES string of the molecule is CSCC(C)C(N)c1ccnn1-c1ccccc1. The molecule has 0 fully saturated rings. The van der Waals surface area contributed by atoms with Gasteiger partial charge in [0.25, 0.3) is 0 Å². The molecule has 2 aromatic rings. The zero-order valence-corrected chi connectivity index (χ0v) is 11.6. The molecular weight excluding hydrogens is 242 g/mol. The molecule has 1 heterocycles. The van der Waals surface area contributed by atoms with Crippen LogP contribution in [0, 0.1) is 5.92 Å². The molecule has 1 aromatic heterocycles. The van der Waals surface area contributed by atoms with E-state index < -0.39 is 0 Å². The van der Waals surface area contributed by atoms with Crippen molar-refractivity contribution in [3.63, 3.8) is 0 Å². The van der Waals surface area contributed by atoms with Gasteiger partial charge < -0.3 is 5.73 Å². The molecule has 2 unspecified atom stereocenters. The molecule has 2 N–H and O–H groups in total. The highest BCUT2D eigenvalue weighted by molar-refractivity contribution is 7.98. The highest BCUT2D eigenvalue weighted by Crippen LogP contribution is 2.23. The Labute approximate surface area is 112 Å². The topological polar surface area (TPSA) is 43.8 Å². The molecule has 0 amide bonds. The van der Waals surface area contributed by atoms with Gasteiger partial charge in [-0.25, -0.2) is 4.68 Å². The maximum absolute atomic E-state index is 6.33. The molecule has 0 saturated heterocycles. The molecule has 0 aliphatic carbocycles. The number of aromatic nitrogens is 2. The van der Waals surface area contributed by atoms with Crippen molar-refractivity contribution in [1.82, 2.24) is 9.78 Å². The summed E-state index contributed by atoms with van der Waals surface area (Å²) in [5, 5.41) is 4.38. The first kappa shape index (κ1) is 13.2. The standard InChI is InChI=1S/C14H19N3S/c1-11(10-18-2)14(15)13-8-9-16-17(13)12-6-4-3-5-7-12/h3-9,11,14H,10,15H2,1-2H3. The van der Waals surface area contributed by atoms with Crippen LogP contribution in [0.4, 0.5) is 0 Å². The largest absolute Gasteiger partial charge is 0.322 e. The molecule has 1 aromatic carbocycles. The first-order valence-corrected chi connectivity index (χ1v) is 7.47.